The number of fused-ring (bicyclic) bond motifs is 2. The quantitative estimate of drug-likeness (QED) is 0.163. The zero-order valence-electron chi connectivity index (χ0n) is 35.8. The molecule has 0 radical (unpaired) electrons. The number of para-hydroxylation sites is 4. The molecule has 0 saturated carbocycles. The van der Waals surface area contributed by atoms with E-state index in [9.17, 15) is 5.11 Å². The fourth-order valence-corrected chi connectivity index (χ4v) is 11.4. The maximum atomic E-state index is 12.4. The number of nitrogens with zero attached hydrogens (tertiary/aromatic N) is 4. The van der Waals surface area contributed by atoms with Crippen LogP contribution in [-0.2, 0) is 10.8 Å². The second-order valence-electron chi connectivity index (χ2n) is 18.5. The average molecular weight is 801 g/mol. The molecule has 0 aliphatic rings. The van der Waals surface area contributed by atoms with Crippen molar-refractivity contribution in [1.29, 1.82) is 0 Å². The number of imidazole rings is 2. The van der Waals surface area contributed by atoms with Gasteiger partial charge in [-0.1, -0.05) is 169 Å². The van der Waals surface area contributed by atoms with Crippen molar-refractivity contribution in [2.75, 3.05) is 0 Å². The lowest BCUT2D eigenvalue weighted by molar-refractivity contribution is 0.446. The number of benzene rings is 7. The van der Waals surface area contributed by atoms with Crippen molar-refractivity contribution >= 4 is 35.5 Å². The summed E-state index contributed by atoms with van der Waals surface area (Å²) in [4.78, 5) is 10.9. The summed E-state index contributed by atoms with van der Waals surface area (Å²) in [7, 11) is -2.28. The lowest BCUT2D eigenvalue weighted by Crippen LogP contribution is -2.49. The van der Waals surface area contributed by atoms with E-state index < -0.39 is 8.24 Å². The number of aromatic nitrogens is 4. The van der Waals surface area contributed by atoms with E-state index in [4.69, 9.17) is 9.97 Å². The topological polar surface area (TPSA) is 55.9 Å². The zero-order valence-corrected chi connectivity index (χ0v) is 36.8. The second kappa shape index (κ2) is 14.6. The summed E-state index contributed by atoms with van der Waals surface area (Å²) in [6.45, 7) is 18.0. The summed E-state index contributed by atoms with van der Waals surface area (Å²) >= 11 is 0. The summed E-state index contributed by atoms with van der Waals surface area (Å²) in [5.74, 6) is 1.92. The van der Waals surface area contributed by atoms with Crippen LogP contribution in [0.25, 0.3) is 72.8 Å². The summed E-state index contributed by atoms with van der Waals surface area (Å²) in [6, 6.07) is 57.9. The van der Waals surface area contributed by atoms with Gasteiger partial charge in [-0.3, -0.25) is 4.57 Å². The molecule has 0 aliphatic heterocycles. The summed E-state index contributed by atoms with van der Waals surface area (Å²) in [5, 5.41) is 13.7. The number of phenols is 1. The molecule has 0 saturated heterocycles. The van der Waals surface area contributed by atoms with Crippen molar-refractivity contribution in [2.24, 2.45) is 0 Å². The Morgan fingerprint density at radius 1 is 0.500 bits per heavy atom. The molecule has 5 nitrogen and oxygen atoms in total. The molecule has 0 amide bonds. The number of hydrogen-bond donors (Lipinski definition) is 1. The Morgan fingerprint density at radius 3 is 1.83 bits per heavy atom. The number of aromatic hydroxyl groups is 1. The average Bonchev–Trinajstić information content (AvgIpc) is 3.84. The molecule has 0 fully saturated rings. The molecule has 9 rings (SSSR count). The minimum absolute atomic E-state index is 0.165. The van der Waals surface area contributed by atoms with Crippen molar-refractivity contribution in [3.8, 4) is 56.5 Å². The Kier molecular flexibility index (Phi) is 9.52. The Labute approximate surface area is 354 Å². The highest BCUT2D eigenvalue weighted by molar-refractivity contribution is 6.89. The van der Waals surface area contributed by atoms with E-state index in [1.54, 1.807) is 0 Å². The third-order valence-electron chi connectivity index (χ3n) is 12.0. The van der Waals surface area contributed by atoms with Crippen LogP contribution in [-0.4, -0.2) is 32.1 Å². The molecular weight excluding hydrogens is 749 g/mol. The van der Waals surface area contributed by atoms with Gasteiger partial charge >= 0.3 is 0 Å². The van der Waals surface area contributed by atoms with Crippen molar-refractivity contribution in [3.63, 3.8) is 0 Å². The van der Waals surface area contributed by atoms with Gasteiger partial charge in [0.2, 0.25) is 0 Å². The Balaban J connectivity index is 1.31. The van der Waals surface area contributed by atoms with Crippen LogP contribution in [0.5, 0.6) is 5.75 Å². The summed E-state index contributed by atoms with van der Waals surface area (Å²) < 4.78 is 4.77. The lowest BCUT2D eigenvalue weighted by atomic mass is 9.79. The van der Waals surface area contributed by atoms with Gasteiger partial charge in [0.25, 0.3) is 0 Å². The number of hydrogen-bond acceptors (Lipinski definition) is 3. The Hall–Kier alpha value is -6.50. The van der Waals surface area contributed by atoms with E-state index >= 15 is 0 Å². The van der Waals surface area contributed by atoms with Gasteiger partial charge < -0.3 is 9.34 Å². The Morgan fingerprint density at radius 2 is 1.10 bits per heavy atom. The van der Waals surface area contributed by atoms with Gasteiger partial charge in [-0.15, -0.1) is 0 Å². The molecule has 7 aromatic carbocycles. The van der Waals surface area contributed by atoms with Crippen molar-refractivity contribution < 1.29 is 5.11 Å². The highest BCUT2D eigenvalue weighted by Crippen LogP contribution is 2.45. The third kappa shape index (κ3) is 6.75. The van der Waals surface area contributed by atoms with E-state index in [1.807, 2.05) is 0 Å². The number of phenolic OH excluding ortho intramolecular Hbond substituents is 1. The van der Waals surface area contributed by atoms with Crippen LogP contribution >= 0.6 is 0 Å². The Bertz CT molecular complexity index is 3040. The molecule has 2 heterocycles. The SMILES string of the molecule is CC(C)(C)c1cc(-c2nc3c(-c4cccc(-c5nc6ccccc6n5[Si](C)(C)c5ccccc5)c4)cccc3n2-c2ccccc2-c2ccccc2)c(O)c(C(C)(C)C)c1. The molecule has 9 aromatic rings. The molecule has 0 spiro atoms. The van der Waals surface area contributed by atoms with Crippen molar-refractivity contribution in [2.45, 2.75) is 65.5 Å². The lowest BCUT2D eigenvalue weighted by Gasteiger charge is -2.28. The molecule has 298 valence electrons. The molecular formula is C54H52N4OSi. The first-order valence-electron chi connectivity index (χ1n) is 20.9. The first-order chi connectivity index (χ1) is 28.7. The van der Waals surface area contributed by atoms with E-state index in [2.05, 4.69) is 227 Å². The normalized spacial score (nSPS) is 12.4. The van der Waals surface area contributed by atoms with Gasteiger partial charge in [0, 0.05) is 22.3 Å². The van der Waals surface area contributed by atoms with Gasteiger partial charge in [-0.05, 0) is 82.2 Å². The van der Waals surface area contributed by atoms with Gasteiger partial charge in [-0.2, -0.15) is 0 Å². The maximum absolute atomic E-state index is 12.4. The first kappa shape index (κ1) is 39.0. The van der Waals surface area contributed by atoms with Crippen LogP contribution in [0, 0.1) is 0 Å². The zero-order chi connectivity index (χ0) is 42.0. The first-order valence-corrected chi connectivity index (χ1v) is 23.9. The van der Waals surface area contributed by atoms with Gasteiger partial charge in [0.1, 0.15) is 17.4 Å². The maximum Gasteiger partial charge on any atom is 0.189 e. The minimum Gasteiger partial charge on any atom is -0.507 e. The molecule has 0 aliphatic carbocycles. The predicted octanol–water partition coefficient (Wildman–Crippen LogP) is 13.3. The third-order valence-corrected chi connectivity index (χ3v) is 15.3. The van der Waals surface area contributed by atoms with Gasteiger partial charge in [0.15, 0.2) is 8.24 Å². The largest absolute Gasteiger partial charge is 0.507 e. The minimum atomic E-state index is -2.28. The molecule has 2 aromatic heterocycles. The van der Waals surface area contributed by atoms with Crippen LogP contribution in [0.1, 0.15) is 52.7 Å². The van der Waals surface area contributed by atoms with Gasteiger partial charge in [0.05, 0.1) is 33.3 Å². The smallest absolute Gasteiger partial charge is 0.189 e. The molecule has 1 N–H and O–H groups in total. The van der Waals surface area contributed by atoms with Crippen LogP contribution < -0.4 is 5.19 Å². The molecule has 0 atom stereocenters. The fourth-order valence-electron chi connectivity index (χ4n) is 8.68. The van der Waals surface area contributed by atoms with Crippen LogP contribution in [0.4, 0.5) is 0 Å². The van der Waals surface area contributed by atoms with E-state index in [0.717, 1.165) is 72.5 Å². The van der Waals surface area contributed by atoms with Crippen LogP contribution in [0.15, 0.2) is 164 Å². The van der Waals surface area contributed by atoms with Crippen LogP contribution in [0.3, 0.4) is 0 Å². The van der Waals surface area contributed by atoms with E-state index in [-0.39, 0.29) is 16.6 Å². The summed E-state index contributed by atoms with van der Waals surface area (Å²) in [6.07, 6.45) is 0. The highest BCUT2D eigenvalue weighted by Gasteiger charge is 2.32. The standard InChI is InChI=1S/C54H52N4OSi/c1-53(2,3)39-34-43(50(59)44(35-39)54(4,5)6)52-56-49-42(28-20-32-48(49)57(52)46-30-17-15-27-41(46)36-21-11-9-12-22-36)37-23-19-24-38(33-37)51-55-45-29-16-18-31-47(45)58(51)60(7,8)40-25-13-10-14-26-40/h9-35,59H,1-8H3. The van der Waals surface area contributed by atoms with Gasteiger partial charge in [-0.25, -0.2) is 9.97 Å². The fraction of sp³-hybridized carbons (Fsp3) is 0.185. The van der Waals surface area contributed by atoms with E-state index in [1.165, 1.54) is 5.19 Å². The molecule has 0 bridgehead atoms. The van der Waals surface area contributed by atoms with E-state index in [0.29, 0.717) is 11.4 Å². The summed E-state index contributed by atoms with van der Waals surface area (Å²) in [5.41, 5.74) is 12.5. The predicted molar refractivity (Wildman–Crippen MR) is 254 cm³/mol. The molecule has 6 heteroatoms. The van der Waals surface area contributed by atoms with Crippen molar-refractivity contribution in [1.82, 2.24) is 18.8 Å². The van der Waals surface area contributed by atoms with Crippen molar-refractivity contribution in [3.05, 3.63) is 175 Å². The molecule has 60 heavy (non-hydrogen) atoms. The highest BCUT2D eigenvalue weighted by atomic mass is 28.3. The number of rotatable bonds is 7. The second-order valence-corrected chi connectivity index (χ2v) is 22.7. The molecule has 0 unspecified atom stereocenters. The van der Waals surface area contributed by atoms with Crippen LogP contribution in [0.2, 0.25) is 13.1 Å². The monoisotopic (exact) mass is 800 g/mol.